The van der Waals surface area contributed by atoms with Gasteiger partial charge in [0.15, 0.2) is 0 Å². The molecule has 1 nitrogen and oxygen atoms in total. The van der Waals surface area contributed by atoms with Gasteiger partial charge in [0.1, 0.15) is 0 Å². The van der Waals surface area contributed by atoms with E-state index in [0.29, 0.717) is 0 Å². The van der Waals surface area contributed by atoms with Crippen LogP contribution in [0.3, 0.4) is 0 Å². The van der Waals surface area contributed by atoms with Crippen molar-refractivity contribution in [1.29, 1.82) is 0 Å². The summed E-state index contributed by atoms with van der Waals surface area (Å²) in [6, 6.07) is 64.6. The molecule has 0 N–H and O–H groups in total. The number of anilines is 3. The normalized spacial score (nSPS) is 13.3. The molecule has 52 heavy (non-hydrogen) atoms. The molecule has 246 valence electrons. The topological polar surface area (TPSA) is 3.24 Å². The lowest BCUT2D eigenvalue weighted by atomic mass is 9.78. The maximum Gasteiger partial charge on any atom is 0.0468 e. The number of nitrogens with zero attached hydrogens (tertiary/aromatic N) is 1. The van der Waals surface area contributed by atoms with Crippen LogP contribution in [0.4, 0.5) is 17.1 Å². The van der Waals surface area contributed by atoms with E-state index in [4.69, 9.17) is 0 Å². The van der Waals surface area contributed by atoms with E-state index in [1.54, 1.807) is 0 Å². The van der Waals surface area contributed by atoms with Gasteiger partial charge in [0.05, 0.1) is 0 Å². The molecule has 0 aliphatic heterocycles. The number of hydrogen-bond donors (Lipinski definition) is 0. The SMILES string of the molecule is CC1(C)c2c(ccc3cc(C=Cc4ccccc4)ccc23)-c2ccc3cc(N(c4ccc5ccccc5c4)c4ccc5ccccc5c4)ccc3c21. The Morgan fingerprint density at radius 1 is 0.365 bits per heavy atom. The first-order valence-corrected chi connectivity index (χ1v) is 18.2. The Labute approximate surface area is 304 Å². The van der Waals surface area contributed by atoms with E-state index in [-0.39, 0.29) is 5.41 Å². The highest BCUT2D eigenvalue weighted by Gasteiger charge is 2.38. The van der Waals surface area contributed by atoms with Crippen LogP contribution in [0.15, 0.2) is 176 Å². The second-order valence-electron chi connectivity index (χ2n) is 14.6. The van der Waals surface area contributed by atoms with Gasteiger partial charge in [-0.25, -0.2) is 0 Å². The molecule has 0 amide bonds. The van der Waals surface area contributed by atoms with Crippen LogP contribution in [0, 0.1) is 0 Å². The largest absolute Gasteiger partial charge is 0.310 e. The Morgan fingerprint density at radius 3 is 1.40 bits per heavy atom. The minimum Gasteiger partial charge on any atom is -0.310 e. The fourth-order valence-corrected chi connectivity index (χ4v) is 8.66. The minimum absolute atomic E-state index is 0.164. The molecule has 0 saturated heterocycles. The highest BCUT2D eigenvalue weighted by Crippen LogP contribution is 2.54. The van der Waals surface area contributed by atoms with Crippen molar-refractivity contribution in [2.45, 2.75) is 19.3 Å². The van der Waals surface area contributed by atoms with Crippen LogP contribution in [0.25, 0.3) is 66.4 Å². The van der Waals surface area contributed by atoms with Crippen LogP contribution < -0.4 is 4.90 Å². The Hall–Kier alpha value is -6.44. The second-order valence-corrected chi connectivity index (χ2v) is 14.6. The summed E-state index contributed by atoms with van der Waals surface area (Å²) in [5.74, 6) is 0. The van der Waals surface area contributed by atoms with E-state index in [0.717, 1.165) is 17.1 Å². The van der Waals surface area contributed by atoms with Gasteiger partial charge in [-0.1, -0.05) is 159 Å². The van der Waals surface area contributed by atoms with E-state index in [2.05, 4.69) is 207 Å². The van der Waals surface area contributed by atoms with Crippen LogP contribution in [0.2, 0.25) is 0 Å². The van der Waals surface area contributed by atoms with Gasteiger partial charge in [-0.3, -0.25) is 0 Å². The van der Waals surface area contributed by atoms with Crippen molar-refractivity contribution >= 4 is 72.3 Å². The Kier molecular flexibility index (Phi) is 6.91. The van der Waals surface area contributed by atoms with Gasteiger partial charge < -0.3 is 4.90 Å². The average molecular weight is 664 g/mol. The molecule has 0 aromatic heterocycles. The van der Waals surface area contributed by atoms with Crippen molar-refractivity contribution in [1.82, 2.24) is 0 Å². The molecule has 0 atom stereocenters. The Bertz CT molecular complexity index is 2800. The Morgan fingerprint density at radius 2 is 0.808 bits per heavy atom. The third-order valence-electron chi connectivity index (χ3n) is 11.1. The van der Waals surface area contributed by atoms with Crippen molar-refractivity contribution in [2.75, 3.05) is 4.90 Å². The zero-order valence-corrected chi connectivity index (χ0v) is 29.3. The maximum atomic E-state index is 2.41. The highest BCUT2D eigenvalue weighted by atomic mass is 15.1. The molecule has 0 unspecified atom stereocenters. The molecule has 0 fully saturated rings. The van der Waals surface area contributed by atoms with Crippen LogP contribution in [0.1, 0.15) is 36.1 Å². The smallest absolute Gasteiger partial charge is 0.0468 e. The van der Waals surface area contributed by atoms with Gasteiger partial charge in [-0.05, 0) is 119 Å². The minimum atomic E-state index is -0.164. The number of rotatable bonds is 5. The third-order valence-corrected chi connectivity index (χ3v) is 11.1. The number of fused-ring (bicyclic) bond motifs is 9. The van der Waals surface area contributed by atoms with Crippen LogP contribution >= 0.6 is 0 Å². The first kappa shape index (κ1) is 30.4. The van der Waals surface area contributed by atoms with Crippen LogP contribution in [-0.4, -0.2) is 0 Å². The number of benzene rings is 9. The van der Waals surface area contributed by atoms with Gasteiger partial charge in [0, 0.05) is 22.5 Å². The standard InChI is InChI=1S/C51H37N/c1-51(2)49-45-26-18-35(17-16-34-10-4-3-5-11-34)30-40(45)21-27-47(49)48-28-22-41-33-44(25-29-46(41)50(48)51)52(42-23-19-36-12-6-8-14-38(36)31-42)43-24-20-37-13-7-9-15-39(37)32-43/h3-33H,1-2H3. The second kappa shape index (κ2) is 11.8. The van der Waals surface area contributed by atoms with E-state index < -0.39 is 0 Å². The van der Waals surface area contributed by atoms with Crippen molar-refractivity contribution in [3.8, 4) is 11.1 Å². The zero-order valence-electron chi connectivity index (χ0n) is 29.3. The van der Waals surface area contributed by atoms with Gasteiger partial charge in [0.25, 0.3) is 0 Å². The summed E-state index contributed by atoms with van der Waals surface area (Å²) in [6.45, 7) is 4.81. The van der Waals surface area contributed by atoms with E-state index >= 15 is 0 Å². The molecule has 0 saturated carbocycles. The van der Waals surface area contributed by atoms with E-state index in [1.165, 1.54) is 76.5 Å². The highest BCUT2D eigenvalue weighted by molar-refractivity contribution is 6.05. The zero-order chi connectivity index (χ0) is 34.8. The number of hydrogen-bond acceptors (Lipinski definition) is 1. The third kappa shape index (κ3) is 4.93. The van der Waals surface area contributed by atoms with Crippen molar-refractivity contribution in [3.63, 3.8) is 0 Å². The van der Waals surface area contributed by atoms with Crippen LogP contribution in [-0.2, 0) is 5.41 Å². The molecule has 10 rings (SSSR count). The van der Waals surface area contributed by atoms with Gasteiger partial charge >= 0.3 is 0 Å². The fourth-order valence-electron chi connectivity index (χ4n) is 8.66. The molecule has 0 spiro atoms. The summed E-state index contributed by atoms with van der Waals surface area (Å²) in [5, 5.41) is 10.1. The van der Waals surface area contributed by atoms with Gasteiger partial charge in [-0.15, -0.1) is 0 Å². The Balaban J connectivity index is 1.09. The summed E-state index contributed by atoms with van der Waals surface area (Å²) in [5.41, 5.74) is 11.2. The first-order chi connectivity index (χ1) is 25.5. The van der Waals surface area contributed by atoms with Crippen molar-refractivity contribution < 1.29 is 0 Å². The molecule has 1 aliphatic carbocycles. The van der Waals surface area contributed by atoms with Gasteiger partial charge in [-0.2, -0.15) is 0 Å². The molecule has 1 aliphatic rings. The molecule has 0 bridgehead atoms. The molecule has 0 radical (unpaired) electrons. The summed E-state index contributed by atoms with van der Waals surface area (Å²) in [4.78, 5) is 2.41. The summed E-state index contributed by atoms with van der Waals surface area (Å²) < 4.78 is 0. The van der Waals surface area contributed by atoms with Crippen molar-refractivity contribution in [3.05, 3.63) is 198 Å². The molecular formula is C51H37N. The molecule has 1 heteroatoms. The summed E-state index contributed by atoms with van der Waals surface area (Å²) in [7, 11) is 0. The predicted molar refractivity (Wildman–Crippen MR) is 224 cm³/mol. The molecule has 0 heterocycles. The maximum absolute atomic E-state index is 2.41. The van der Waals surface area contributed by atoms with E-state index in [9.17, 15) is 0 Å². The molecule has 9 aromatic carbocycles. The monoisotopic (exact) mass is 663 g/mol. The average Bonchev–Trinajstić information content (AvgIpc) is 3.43. The molecular weight excluding hydrogens is 627 g/mol. The molecule has 9 aromatic rings. The first-order valence-electron chi connectivity index (χ1n) is 18.2. The lowest BCUT2D eigenvalue weighted by molar-refractivity contribution is 0.672. The van der Waals surface area contributed by atoms with Crippen molar-refractivity contribution in [2.24, 2.45) is 0 Å². The summed E-state index contributed by atoms with van der Waals surface area (Å²) >= 11 is 0. The fraction of sp³-hybridized carbons (Fsp3) is 0.0588. The lowest BCUT2D eigenvalue weighted by Crippen LogP contribution is -2.16. The van der Waals surface area contributed by atoms with Gasteiger partial charge in [0.2, 0.25) is 0 Å². The van der Waals surface area contributed by atoms with E-state index in [1.807, 2.05) is 0 Å². The van der Waals surface area contributed by atoms with Crippen LogP contribution in [0.5, 0.6) is 0 Å². The quantitative estimate of drug-likeness (QED) is 0.166. The lowest BCUT2D eigenvalue weighted by Gasteiger charge is -2.28. The summed E-state index contributed by atoms with van der Waals surface area (Å²) in [6.07, 6.45) is 4.40. The predicted octanol–water partition coefficient (Wildman–Crippen LogP) is 14.2.